The third kappa shape index (κ3) is 6.67. The zero-order chi connectivity index (χ0) is 29.0. The van der Waals surface area contributed by atoms with Gasteiger partial charge in [0.15, 0.2) is 0 Å². The van der Waals surface area contributed by atoms with Gasteiger partial charge in [-0.1, -0.05) is 41.4 Å². The molecule has 40 heavy (non-hydrogen) atoms. The van der Waals surface area contributed by atoms with Gasteiger partial charge in [0.1, 0.15) is 17.5 Å². The number of nitrogens with zero attached hydrogens (tertiary/aromatic N) is 3. The number of hydrazone groups is 1. The van der Waals surface area contributed by atoms with Gasteiger partial charge < -0.3 is 9.30 Å². The number of carbonyl (C=O) groups is 1. The highest BCUT2D eigenvalue weighted by Gasteiger charge is 2.29. The maximum atomic E-state index is 13.0. The molecule has 1 N–H and O–H groups in total. The number of sulfonamides is 1. The first-order chi connectivity index (χ1) is 19.0. The van der Waals surface area contributed by atoms with E-state index in [4.69, 9.17) is 27.9 Å². The Morgan fingerprint density at radius 1 is 0.975 bits per heavy atom. The Morgan fingerprint density at radius 3 is 2.25 bits per heavy atom. The summed E-state index contributed by atoms with van der Waals surface area (Å²) in [6.07, 6.45) is 2.56. The van der Waals surface area contributed by atoms with Gasteiger partial charge in [-0.3, -0.25) is 9.10 Å². The summed E-state index contributed by atoms with van der Waals surface area (Å²) in [7, 11) is -3.80. The number of aryl methyl sites for hydroxylation is 1. The molecule has 1 aromatic heterocycles. The Bertz CT molecular complexity index is 1650. The van der Waals surface area contributed by atoms with Crippen LogP contribution in [0.5, 0.6) is 11.5 Å². The molecule has 11 heteroatoms. The normalized spacial score (nSPS) is 12.3. The van der Waals surface area contributed by atoms with E-state index in [-0.39, 0.29) is 0 Å². The average Bonchev–Trinajstić information content (AvgIpc) is 3.19. The Balaban J connectivity index is 1.48. The van der Waals surface area contributed by atoms with Crippen molar-refractivity contribution in [2.75, 3.05) is 10.6 Å². The zero-order valence-electron chi connectivity index (χ0n) is 22.3. The number of nitrogens with one attached hydrogen (secondary N) is 1. The second-order valence-corrected chi connectivity index (χ2v) is 11.8. The zero-order valence-corrected chi connectivity index (χ0v) is 24.6. The maximum absolute atomic E-state index is 13.0. The van der Waals surface area contributed by atoms with E-state index >= 15 is 0 Å². The van der Waals surface area contributed by atoms with Gasteiger partial charge in [-0.15, -0.1) is 0 Å². The minimum absolute atomic E-state index is 0.319. The summed E-state index contributed by atoms with van der Waals surface area (Å²) >= 11 is 12.2. The van der Waals surface area contributed by atoms with E-state index in [0.29, 0.717) is 27.2 Å². The molecule has 1 amide bonds. The summed E-state index contributed by atoms with van der Waals surface area (Å²) in [6, 6.07) is 21.9. The fraction of sp³-hybridized carbons (Fsp3) is 0.172. The third-order valence-electron chi connectivity index (χ3n) is 6.17. The largest absolute Gasteiger partial charge is 0.457 e. The van der Waals surface area contributed by atoms with Crippen molar-refractivity contribution in [1.82, 2.24) is 9.99 Å². The highest BCUT2D eigenvalue weighted by molar-refractivity contribution is 7.92. The molecule has 0 radical (unpaired) electrons. The van der Waals surface area contributed by atoms with Crippen LogP contribution in [0.25, 0.3) is 5.69 Å². The van der Waals surface area contributed by atoms with Gasteiger partial charge in [0.2, 0.25) is 10.0 Å². The van der Waals surface area contributed by atoms with Crippen LogP contribution in [0.4, 0.5) is 5.69 Å². The molecular weight excluding hydrogens is 571 g/mol. The number of rotatable bonds is 9. The number of amides is 1. The molecule has 4 aromatic rings. The standard InChI is InChI=1S/C29H28Cl2N4O4S/c1-19-16-22(20(2)34(19)24-12-15-27(30)28(31)17-24)18-32-33-29(36)21(3)35(40(4,37)38)23-10-13-26(14-11-23)39-25-8-6-5-7-9-25/h5-18,21H,1-4H3,(H,33,36)/b32-18-/t21-/m1/s1. The highest BCUT2D eigenvalue weighted by Crippen LogP contribution is 2.28. The van der Waals surface area contributed by atoms with Crippen LogP contribution in [-0.4, -0.2) is 37.4 Å². The maximum Gasteiger partial charge on any atom is 0.263 e. The average molecular weight is 600 g/mol. The number of hydrogen-bond donors (Lipinski definition) is 1. The smallest absolute Gasteiger partial charge is 0.263 e. The highest BCUT2D eigenvalue weighted by atomic mass is 35.5. The Hall–Kier alpha value is -3.79. The predicted molar refractivity (Wildman–Crippen MR) is 161 cm³/mol. The summed E-state index contributed by atoms with van der Waals surface area (Å²) < 4.78 is 34.2. The van der Waals surface area contributed by atoms with Gasteiger partial charge >= 0.3 is 0 Å². The minimum Gasteiger partial charge on any atom is -0.457 e. The number of aromatic nitrogens is 1. The number of halogens is 2. The summed E-state index contributed by atoms with van der Waals surface area (Å²) in [4.78, 5) is 13.0. The lowest BCUT2D eigenvalue weighted by atomic mass is 10.2. The molecule has 8 nitrogen and oxygen atoms in total. The molecular formula is C29H28Cl2N4O4S. The van der Waals surface area contributed by atoms with Gasteiger partial charge in [-0.05, 0) is 81.4 Å². The van der Waals surface area contributed by atoms with Crippen LogP contribution < -0.4 is 14.5 Å². The van der Waals surface area contributed by atoms with Crippen LogP contribution in [0, 0.1) is 13.8 Å². The SMILES string of the molecule is Cc1cc(/C=N\NC(=O)[C@@H](C)N(c2ccc(Oc3ccccc3)cc2)S(C)(=O)=O)c(C)n1-c1ccc(Cl)c(Cl)c1. The quantitative estimate of drug-likeness (QED) is 0.176. The van der Waals surface area contributed by atoms with Crippen LogP contribution in [-0.2, 0) is 14.8 Å². The first-order valence-corrected chi connectivity index (χ1v) is 14.9. The molecule has 208 valence electrons. The number of benzene rings is 3. The molecule has 0 spiro atoms. The summed E-state index contributed by atoms with van der Waals surface area (Å²) in [5.41, 5.74) is 6.19. The number of hydrogen-bond acceptors (Lipinski definition) is 5. The fourth-order valence-corrected chi connectivity index (χ4v) is 5.76. The molecule has 0 bridgehead atoms. The summed E-state index contributed by atoms with van der Waals surface area (Å²) in [5.74, 6) is 0.590. The second kappa shape index (κ2) is 12.2. The lowest BCUT2D eigenvalue weighted by Gasteiger charge is -2.27. The first-order valence-electron chi connectivity index (χ1n) is 12.3. The molecule has 0 fully saturated rings. The molecule has 0 unspecified atom stereocenters. The molecule has 0 aliphatic rings. The van der Waals surface area contributed by atoms with Crippen molar-refractivity contribution >= 4 is 51.0 Å². The second-order valence-electron chi connectivity index (χ2n) is 9.14. The monoisotopic (exact) mass is 598 g/mol. The fourth-order valence-electron chi connectivity index (χ4n) is 4.29. The van der Waals surface area contributed by atoms with Gasteiger partial charge in [-0.2, -0.15) is 5.10 Å². The first kappa shape index (κ1) is 29.2. The van der Waals surface area contributed by atoms with Crippen molar-refractivity contribution in [3.63, 3.8) is 0 Å². The molecule has 1 heterocycles. The lowest BCUT2D eigenvalue weighted by Crippen LogP contribution is -2.46. The molecule has 3 aromatic carbocycles. The van der Waals surface area contributed by atoms with Crippen molar-refractivity contribution in [2.45, 2.75) is 26.8 Å². The van der Waals surface area contributed by atoms with Crippen LogP contribution in [0.15, 0.2) is 84.0 Å². The third-order valence-corrected chi connectivity index (χ3v) is 8.15. The van der Waals surface area contributed by atoms with Crippen molar-refractivity contribution in [1.29, 1.82) is 0 Å². The summed E-state index contributed by atoms with van der Waals surface area (Å²) in [5, 5.41) is 5.00. The topological polar surface area (TPSA) is 93.0 Å². The van der Waals surface area contributed by atoms with Gasteiger partial charge in [0.25, 0.3) is 5.91 Å². The van der Waals surface area contributed by atoms with E-state index in [1.165, 1.54) is 13.1 Å². The van der Waals surface area contributed by atoms with Crippen LogP contribution in [0.2, 0.25) is 10.0 Å². The van der Waals surface area contributed by atoms with Gasteiger partial charge in [0.05, 0.1) is 28.2 Å². The molecule has 0 saturated heterocycles. The number of ether oxygens (including phenoxy) is 1. The Labute approximate surface area is 243 Å². The van der Waals surface area contributed by atoms with Crippen LogP contribution >= 0.6 is 23.2 Å². The molecule has 4 rings (SSSR count). The van der Waals surface area contributed by atoms with E-state index in [1.807, 2.05) is 60.9 Å². The summed E-state index contributed by atoms with van der Waals surface area (Å²) in [6.45, 7) is 5.35. The number of para-hydroxylation sites is 1. The number of anilines is 1. The van der Waals surface area contributed by atoms with E-state index < -0.39 is 22.0 Å². The van der Waals surface area contributed by atoms with Crippen LogP contribution in [0.1, 0.15) is 23.9 Å². The van der Waals surface area contributed by atoms with Gasteiger partial charge in [-0.25, -0.2) is 13.8 Å². The lowest BCUT2D eigenvalue weighted by molar-refractivity contribution is -0.121. The number of carbonyl (C=O) groups excluding carboxylic acids is 1. The van der Waals surface area contributed by atoms with Crippen molar-refractivity contribution in [3.05, 3.63) is 106 Å². The Kier molecular flexibility index (Phi) is 8.88. The van der Waals surface area contributed by atoms with Crippen molar-refractivity contribution in [2.24, 2.45) is 5.10 Å². The van der Waals surface area contributed by atoms with E-state index in [9.17, 15) is 13.2 Å². The molecule has 0 saturated carbocycles. The minimum atomic E-state index is -3.80. The molecule has 0 aliphatic carbocycles. The van der Waals surface area contributed by atoms with E-state index in [2.05, 4.69) is 10.5 Å². The van der Waals surface area contributed by atoms with Crippen molar-refractivity contribution in [3.8, 4) is 17.2 Å². The van der Waals surface area contributed by atoms with Crippen molar-refractivity contribution < 1.29 is 17.9 Å². The van der Waals surface area contributed by atoms with Crippen LogP contribution in [0.3, 0.4) is 0 Å². The van der Waals surface area contributed by atoms with E-state index in [0.717, 1.165) is 33.2 Å². The predicted octanol–water partition coefficient (Wildman–Crippen LogP) is 6.50. The van der Waals surface area contributed by atoms with Gasteiger partial charge in [0, 0.05) is 22.6 Å². The van der Waals surface area contributed by atoms with E-state index in [1.54, 1.807) is 36.4 Å². The molecule has 1 atom stereocenters. The molecule has 0 aliphatic heterocycles. The Morgan fingerprint density at radius 2 is 1.62 bits per heavy atom.